The van der Waals surface area contributed by atoms with Crippen molar-refractivity contribution in [2.75, 3.05) is 7.11 Å². The average Bonchev–Trinajstić information content (AvgIpc) is 2.71. The van der Waals surface area contributed by atoms with Crippen molar-refractivity contribution in [2.45, 2.75) is 6.92 Å². The Kier molecular flexibility index (Phi) is 3.34. The van der Waals surface area contributed by atoms with Crippen molar-refractivity contribution in [3.05, 3.63) is 39.8 Å². The minimum Gasteiger partial charge on any atom is -0.494 e. The highest BCUT2D eigenvalue weighted by molar-refractivity contribution is 7.10. The van der Waals surface area contributed by atoms with E-state index in [2.05, 4.69) is 0 Å². The lowest BCUT2D eigenvalue weighted by molar-refractivity contribution is 0.0698. The van der Waals surface area contributed by atoms with Gasteiger partial charge in [0.2, 0.25) is 0 Å². The van der Waals surface area contributed by atoms with Crippen molar-refractivity contribution < 1.29 is 19.0 Å². The molecule has 1 aromatic carbocycles. The summed E-state index contributed by atoms with van der Waals surface area (Å²) in [6, 6.07) is 4.44. The summed E-state index contributed by atoms with van der Waals surface area (Å²) >= 11 is 1.34. The number of ether oxygens (including phenoxy) is 1. The number of hydrogen-bond acceptors (Lipinski definition) is 3. The van der Waals surface area contributed by atoms with Gasteiger partial charge in [0, 0.05) is 15.8 Å². The summed E-state index contributed by atoms with van der Waals surface area (Å²) in [6.07, 6.45) is 0. The number of aryl methyl sites for hydroxylation is 1. The predicted molar refractivity (Wildman–Crippen MR) is 68.0 cm³/mol. The van der Waals surface area contributed by atoms with Crippen LogP contribution in [-0.4, -0.2) is 18.2 Å². The number of aromatic carboxylic acids is 1. The minimum atomic E-state index is -1.01. The lowest BCUT2D eigenvalue weighted by atomic mass is 10.0. The largest absolute Gasteiger partial charge is 0.494 e. The molecule has 1 N–H and O–H groups in total. The van der Waals surface area contributed by atoms with E-state index in [1.807, 2.05) is 6.92 Å². The van der Waals surface area contributed by atoms with Crippen molar-refractivity contribution in [2.24, 2.45) is 0 Å². The number of carbonyl (C=O) groups is 1. The van der Waals surface area contributed by atoms with E-state index in [9.17, 15) is 9.18 Å². The topological polar surface area (TPSA) is 46.5 Å². The SMILES string of the molecule is COc1ccc(-c2c(C(=O)O)csc2C)cc1F. The Morgan fingerprint density at radius 3 is 2.72 bits per heavy atom. The molecule has 0 radical (unpaired) electrons. The number of methoxy groups -OCH3 is 1. The average molecular weight is 266 g/mol. The summed E-state index contributed by atoms with van der Waals surface area (Å²) in [4.78, 5) is 11.9. The maximum Gasteiger partial charge on any atom is 0.337 e. The standard InChI is InChI=1S/C13H11FO3S/c1-7-12(9(6-18-7)13(15)16)8-3-4-11(17-2)10(14)5-8/h3-6H,1-2H3,(H,15,16). The van der Waals surface area contributed by atoms with Gasteiger partial charge in [-0.1, -0.05) is 6.07 Å². The van der Waals surface area contributed by atoms with Crippen LogP contribution in [0.5, 0.6) is 5.75 Å². The van der Waals surface area contributed by atoms with Gasteiger partial charge < -0.3 is 9.84 Å². The van der Waals surface area contributed by atoms with Gasteiger partial charge in [-0.15, -0.1) is 11.3 Å². The van der Waals surface area contributed by atoms with Crippen molar-refractivity contribution in [3.63, 3.8) is 0 Å². The van der Waals surface area contributed by atoms with Crippen molar-refractivity contribution >= 4 is 17.3 Å². The van der Waals surface area contributed by atoms with E-state index >= 15 is 0 Å². The van der Waals surface area contributed by atoms with E-state index in [-0.39, 0.29) is 11.3 Å². The first kappa shape index (κ1) is 12.6. The van der Waals surface area contributed by atoms with Crippen LogP contribution >= 0.6 is 11.3 Å². The molecule has 0 aliphatic carbocycles. The molecule has 94 valence electrons. The fourth-order valence-electron chi connectivity index (χ4n) is 1.79. The van der Waals surface area contributed by atoms with Crippen LogP contribution in [0.1, 0.15) is 15.2 Å². The predicted octanol–water partition coefficient (Wildman–Crippen LogP) is 3.57. The van der Waals surface area contributed by atoms with E-state index in [4.69, 9.17) is 9.84 Å². The van der Waals surface area contributed by atoms with Crippen molar-refractivity contribution in [3.8, 4) is 16.9 Å². The van der Waals surface area contributed by atoms with E-state index in [1.54, 1.807) is 11.4 Å². The lowest BCUT2D eigenvalue weighted by Gasteiger charge is -2.06. The van der Waals surface area contributed by atoms with Crippen LogP contribution in [-0.2, 0) is 0 Å². The summed E-state index contributed by atoms with van der Waals surface area (Å²) in [6.45, 7) is 1.81. The zero-order valence-corrected chi connectivity index (χ0v) is 10.7. The molecule has 0 unspecified atom stereocenters. The molecule has 0 amide bonds. The van der Waals surface area contributed by atoms with Crippen LogP contribution in [0, 0.1) is 12.7 Å². The third-order valence-corrected chi connectivity index (χ3v) is 3.56. The lowest BCUT2D eigenvalue weighted by Crippen LogP contribution is -1.97. The van der Waals surface area contributed by atoms with Crippen LogP contribution in [0.2, 0.25) is 0 Å². The Balaban J connectivity index is 2.58. The van der Waals surface area contributed by atoms with Gasteiger partial charge in [-0.25, -0.2) is 9.18 Å². The zero-order valence-electron chi connectivity index (χ0n) is 9.86. The molecule has 0 atom stereocenters. The number of benzene rings is 1. The molecular formula is C13H11FO3S. The van der Waals surface area contributed by atoms with Crippen LogP contribution in [0.15, 0.2) is 23.6 Å². The fraction of sp³-hybridized carbons (Fsp3) is 0.154. The highest BCUT2D eigenvalue weighted by atomic mass is 32.1. The third-order valence-electron chi connectivity index (χ3n) is 2.65. The summed E-state index contributed by atoms with van der Waals surface area (Å²) in [5.74, 6) is -1.37. The minimum absolute atomic E-state index is 0.142. The molecule has 18 heavy (non-hydrogen) atoms. The smallest absolute Gasteiger partial charge is 0.337 e. The van der Waals surface area contributed by atoms with Gasteiger partial charge >= 0.3 is 5.97 Å². The molecule has 0 fully saturated rings. The number of carboxylic acid groups (broad SMARTS) is 1. The molecule has 5 heteroatoms. The molecule has 2 rings (SSSR count). The fourth-order valence-corrected chi connectivity index (χ4v) is 2.65. The zero-order chi connectivity index (χ0) is 13.3. The highest BCUT2D eigenvalue weighted by Crippen LogP contribution is 2.34. The van der Waals surface area contributed by atoms with E-state index in [1.165, 1.54) is 30.6 Å². The normalized spacial score (nSPS) is 10.4. The van der Waals surface area contributed by atoms with Crippen LogP contribution < -0.4 is 4.74 Å². The Morgan fingerprint density at radius 1 is 1.44 bits per heavy atom. The molecule has 0 aliphatic heterocycles. The number of rotatable bonds is 3. The Hall–Kier alpha value is -1.88. The second kappa shape index (κ2) is 4.78. The number of thiophene rings is 1. The first-order chi connectivity index (χ1) is 8.54. The second-order valence-electron chi connectivity index (χ2n) is 3.74. The molecule has 0 spiro atoms. The van der Waals surface area contributed by atoms with Gasteiger partial charge in [-0.05, 0) is 24.6 Å². The van der Waals surface area contributed by atoms with E-state index in [0.29, 0.717) is 11.1 Å². The number of hydrogen-bond donors (Lipinski definition) is 1. The third kappa shape index (κ3) is 2.09. The first-order valence-electron chi connectivity index (χ1n) is 5.20. The monoisotopic (exact) mass is 266 g/mol. The number of halogens is 1. The van der Waals surface area contributed by atoms with Gasteiger partial charge in [0.15, 0.2) is 11.6 Å². The van der Waals surface area contributed by atoms with Crippen molar-refractivity contribution in [1.82, 2.24) is 0 Å². The second-order valence-corrected chi connectivity index (χ2v) is 4.82. The van der Waals surface area contributed by atoms with Crippen LogP contribution in [0.3, 0.4) is 0 Å². The Morgan fingerprint density at radius 2 is 2.17 bits per heavy atom. The molecule has 0 saturated carbocycles. The summed E-state index contributed by atoms with van der Waals surface area (Å²) < 4.78 is 18.5. The molecule has 1 heterocycles. The van der Waals surface area contributed by atoms with Crippen molar-refractivity contribution in [1.29, 1.82) is 0 Å². The molecule has 0 saturated heterocycles. The molecular weight excluding hydrogens is 255 g/mol. The number of carboxylic acids is 1. The molecule has 2 aromatic rings. The first-order valence-corrected chi connectivity index (χ1v) is 6.08. The molecule has 0 aliphatic rings. The van der Waals surface area contributed by atoms with E-state index < -0.39 is 11.8 Å². The Labute approximate surface area is 107 Å². The van der Waals surface area contributed by atoms with Gasteiger partial charge in [0.25, 0.3) is 0 Å². The maximum absolute atomic E-state index is 13.6. The molecule has 1 aromatic heterocycles. The quantitative estimate of drug-likeness (QED) is 0.923. The van der Waals surface area contributed by atoms with Gasteiger partial charge in [0.1, 0.15) is 0 Å². The Bertz CT molecular complexity index is 604. The summed E-state index contributed by atoms with van der Waals surface area (Å²) in [5, 5.41) is 10.7. The van der Waals surface area contributed by atoms with E-state index in [0.717, 1.165) is 4.88 Å². The van der Waals surface area contributed by atoms with Crippen LogP contribution in [0.4, 0.5) is 4.39 Å². The molecule has 0 bridgehead atoms. The maximum atomic E-state index is 13.6. The van der Waals surface area contributed by atoms with Gasteiger partial charge in [-0.3, -0.25) is 0 Å². The van der Waals surface area contributed by atoms with Gasteiger partial charge in [-0.2, -0.15) is 0 Å². The molecule has 3 nitrogen and oxygen atoms in total. The van der Waals surface area contributed by atoms with Gasteiger partial charge in [0.05, 0.1) is 12.7 Å². The summed E-state index contributed by atoms with van der Waals surface area (Å²) in [5.41, 5.74) is 1.31. The van der Waals surface area contributed by atoms with Crippen LogP contribution in [0.25, 0.3) is 11.1 Å². The summed E-state index contributed by atoms with van der Waals surface area (Å²) in [7, 11) is 1.39. The highest BCUT2D eigenvalue weighted by Gasteiger charge is 2.17.